The fourth-order valence-electron chi connectivity index (χ4n) is 2.24. The molecule has 3 heteroatoms. The van der Waals surface area contributed by atoms with Crippen LogP contribution in [0.2, 0.25) is 0 Å². The maximum atomic E-state index is 13.2. The number of hydrogen-bond donors (Lipinski definition) is 1. The summed E-state index contributed by atoms with van der Waals surface area (Å²) in [6.07, 6.45) is 0. The van der Waals surface area contributed by atoms with Gasteiger partial charge < -0.3 is 10.1 Å². The fourth-order valence-corrected chi connectivity index (χ4v) is 2.24. The van der Waals surface area contributed by atoms with Crippen molar-refractivity contribution in [2.45, 2.75) is 26.4 Å². The van der Waals surface area contributed by atoms with Crippen LogP contribution in [0.25, 0.3) is 0 Å². The van der Waals surface area contributed by atoms with Crippen LogP contribution in [-0.2, 0) is 6.61 Å². The highest BCUT2D eigenvalue weighted by atomic mass is 19.1. The van der Waals surface area contributed by atoms with E-state index in [2.05, 4.69) is 36.5 Å². The zero-order valence-electron chi connectivity index (χ0n) is 12.8. The SMILES string of the molecule is CNCC(C)c1ccc(COc2ccc(F)c(C)c2)cc1. The predicted molar refractivity (Wildman–Crippen MR) is 84.3 cm³/mol. The highest BCUT2D eigenvalue weighted by molar-refractivity contribution is 5.30. The summed E-state index contributed by atoms with van der Waals surface area (Å²) in [4.78, 5) is 0. The Morgan fingerprint density at radius 3 is 2.48 bits per heavy atom. The topological polar surface area (TPSA) is 21.3 Å². The van der Waals surface area contributed by atoms with E-state index >= 15 is 0 Å². The summed E-state index contributed by atoms with van der Waals surface area (Å²) >= 11 is 0. The Morgan fingerprint density at radius 1 is 1.14 bits per heavy atom. The predicted octanol–water partition coefficient (Wildman–Crippen LogP) is 4.04. The van der Waals surface area contributed by atoms with E-state index in [0.717, 1.165) is 12.1 Å². The first-order valence-corrected chi connectivity index (χ1v) is 7.22. The van der Waals surface area contributed by atoms with E-state index in [1.165, 1.54) is 11.6 Å². The van der Waals surface area contributed by atoms with Crippen molar-refractivity contribution in [3.8, 4) is 5.75 Å². The van der Waals surface area contributed by atoms with E-state index in [0.29, 0.717) is 23.8 Å². The Hall–Kier alpha value is -1.87. The Morgan fingerprint density at radius 2 is 1.86 bits per heavy atom. The van der Waals surface area contributed by atoms with Crippen LogP contribution in [0.3, 0.4) is 0 Å². The molecule has 2 nitrogen and oxygen atoms in total. The molecule has 0 aromatic heterocycles. The summed E-state index contributed by atoms with van der Waals surface area (Å²) in [5.74, 6) is 0.983. The summed E-state index contributed by atoms with van der Waals surface area (Å²) in [6.45, 7) is 5.39. The first-order valence-electron chi connectivity index (χ1n) is 7.22. The third-order valence-corrected chi connectivity index (χ3v) is 3.59. The molecule has 2 aromatic rings. The molecule has 0 saturated heterocycles. The van der Waals surface area contributed by atoms with Crippen LogP contribution >= 0.6 is 0 Å². The summed E-state index contributed by atoms with van der Waals surface area (Å²) in [6, 6.07) is 13.3. The first kappa shape index (κ1) is 15.5. The van der Waals surface area contributed by atoms with Crippen molar-refractivity contribution >= 4 is 0 Å². The van der Waals surface area contributed by atoms with E-state index in [-0.39, 0.29) is 5.82 Å². The number of hydrogen-bond acceptors (Lipinski definition) is 2. The molecule has 1 atom stereocenters. The molecule has 0 bridgehead atoms. The minimum atomic E-state index is -0.203. The standard InChI is InChI=1S/C18H22FNO/c1-13-10-17(8-9-18(13)19)21-12-15-4-6-16(7-5-15)14(2)11-20-3/h4-10,14,20H,11-12H2,1-3H3. The number of likely N-dealkylation sites (N-methyl/N-ethyl adjacent to an activating group) is 1. The number of benzene rings is 2. The van der Waals surface area contributed by atoms with Crippen molar-refractivity contribution in [1.82, 2.24) is 5.32 Å². The summed E-state index contributed by atoms with van der Waals surface area (Å²) in [5, 5.41) is 3.18. The Balaban J connectivity index is 1.95. The molecule has 0 aliphatic rings. The first-order chi connectivity index (χ1) is 10.1. The molecule has 0 saturated carbocycles. The largest absolute Gasteiger partial charge is 0.489 e. The third-order valence-electron chi connectivity index (χ3n) is 3.59. The molecule has 21 heavy (non-hydrogen) atoms. The van der Waals surface area contributed by atoms with E-state index in [1.807, 2.05) is 7.05 Å². The molecule has 0 amide bonds. The lowest BCUT2D eigenvalue weighted by atomic mass is 10.00. The summed E-state index contributed by atoms with van der Waals surface area (Å²) < 4.78 is 18.9. The van der Waals surface area contributed by atoms with Gasteiger partial charge in [-0.1, -0.05) is 31.2 Å². The van der Waals surface area contributed by atoms with Crippen LogP contribution in [0, 0.1) is 12.7 Å². The van der Waals surface area contributed by atoms with Gasteiger partial charge in [-0.3, -0.25) is 0 Å². The Kier molecular flexibility index (Phi) is 5.34. The quantitative estimate of drug-likeness (QED) is 0.866. The molecule has 0 spiro atoms. The summed E-state index contributed by atoms with van der Waals surface area (Å²) in [7, 11) is 1.96. The van der Waals surface area contributed by atoms with E-state index in [9.17, 15) is 4.39 Å². The monoisotopic (exact) mass is 287 g/mol. The molecule has 1 N–H and O–H groups in total. The second kappa shape index (κ2) is 7.23. The van der Waals surface area contributed by atoms with Crippen molar-refractivity contribution < 1.29 is 9.13 Å². The number of halogens is 1. The number of rotatable bonds is 6. The third kappa shape index (κ3) is 4.30. The lowest BCUT2D eigenvalue weighted by molar-refractivity contribution is 0.305. The highest BCUT2D eigenvalue weighted by Gasteiger charge is 2.05. The van der Waals surface area contributed by atoms with Gasteiger partial charge in [0.2, 0.25) is 0 Å². The van der Waals surface area contributed by atoms with E-state index in [4.69, 9.17) is 4.74 Å². The molecule has 0 fully saturated rings. The summed E-state index contributed by atoms with van der Waals surface area (Å²) in [5.41, 5.74) is 3.02. The molecule has 112 valence electrons. The molecule has 1 unspecified atom stereocenters. The zero-order chi connectivity index (χ0) is 15.2. The van der Waals surface area contributed by atoms with Gasteiger partial charge in [-0.05, 0) is 54.8 Å². The Bertz CT molecular complexity index is 580. The average Bonchev–Trinajstić information content (AvgIpc) is 2.49. The molecule has 0 heterocycles. The molecule has 2 rings (SSSR count). The number of aryl methyl sites for hydroxylation is 1. The van der Waals surface area contributed by atoms with Gasteiger partial charge in [0.25, 0.3) is 0 Å². The highest BCUT2D eigenvalue weighted by Crippen LogP contribution is 2.19. The fraction of sp³-hybridized carbons (Fsp3) is 0.333. The van der Waals surface area contributed by atoms with Crippen LogP contribution in [-0.4, -0.2) is 13.6 Å². The van der Waals surface area contributed by atoms with Gasteiger partial charge in [-0.25, -0.2) is 4.39 Å². The number of ether oxygens (including phenoxy) is 1. The van der Waals surface area contributed by atoms with E-state index in [1.54, 1.807) is 19.1 Å². The van der Waals surface area contributed by atoms with Crippen LogP contribution in [0.4, 0.5) is 4.39 Å². The normalized spacial score (nSPS) is 12.2. The Labute approximate surface area is 126 Å². The average molecular weight is 287 g/mol. The molecular formula is C18H22FNO. The molecule has 0 radical (unpaired) electrons. The van der Waals surface area contributed by atoms with E-state index < -0.39 is 0 Å². The van der Waals surface area contributed by atoms with Crippen LogP contribution in [0.5, 0.6) is 5.75 Å². The van der Waals surface area contributed by atoms with Gasteiger partial charge in [-0.2, -0.15) is 0 Å². The van der Waals surface area contributed by atoms with Crippen molar-refractivity contribution in [3.05, 3.63) is 65.0 Å². The lowest BCUT2D eigenvalue weighted by Crippen LogP contribution is -2.14. The molecule has 0 aliphatic carbocycles. The maximum Gasteiger partial charge on any atom is 0.126 e. The van der Waals surface area contributed by atoms with Crippen molar-refractivity contribution in [1.29, 1.82) is 0 Å². The minimum absolute atomic E-state index is 0.203. The smallest absolute Gasteiger partial charge is 0.126 e. The van der Waals surface area contributed by atoms with Gasteiger partial charge in [0.15, 0.2) is 0 Å². The molecular weight excluding hydrogens is 265 g/mol. The van der Waals surface area contributed by atoms with Gasteiger partial charge in [-0.15, -0.1) is 0 Å². The molecule has 2 aromatic carbocycles. The van der Waals surface area contributed by atoms with Gasteiger partial charge in [0, 0.05) is 6.54 Å². The van der Waals surface area contributed by atoms with Crippen molar-refractivity contribution in [3.63, 3.8) is 0 Å². The lowest BCUT2D eigenvalue weighted by Gasteiger charge is -2.12. The molecule has 0 aliphatic heterocycles. The van der Waals surface area contributed by atoms with Crippen molar-refractivity contribution in [2.75, 3.05) is 13.6 Å². The minimum Gasteiger partial charge on any atom is -0.489 e. The van der Waals surface area contributed by atoms with Crippen LogP contribution in [0.15, 0.2) is 42.5 Å². The van der Waals surface area contributed by atoms with Gasteiger partial charge in [0.05, 0.1) is 0 Å². The second-order valence-electron chi connectivity index (χ2n) is 5.40. The van der Waals surface area contributed by atoms with Crippen LogP contribution < -0.4 is 10.1 Å². The zero-order valence-corrected chi connectivity index (χ0v) is 12.8. The number of nitrogens with one attached hydrogen (secondary N) is 1. The van der Waals surface area contributed by atoms with Crippen molar-refractivity contribution in [2.24, 2.45) is 0 Å². The van der Waals surface area contributed by atoms with Gasteiger partial charge >= 0.3 is 0 Å². The van der Waals surface area contributed by atoms with Gasteiger partial charge in [0.1, 0.15) is 18.2 Å². The second-order valence-corrected chi connectivity index (χ2v) is 5.40. The maximum absolute atomic E-state index is 13.2. The van der Waals surface area contributed by atoms with Crippen LogP contribution in [0.1, 0.15) is 29.5 Å².